The highest BCUT2D eigenvalue weighted by Gasteiger charge is 2.30. The molecule has 0 aliphatic rings. The normalized spacial score (nSPS) is 14.7. The van der Waals surface area contributed by atoms with E-state index in [0.29, 0.717) is 25.7 Å². The first-order valence-electron chi connectivity index (χ1n) is 43.5. The molecule has 0 aromatic heterocycles. The van der Waals surface area contributed by atoms with Crippen molar-refractivity contribution in [2.45, 2.75) is 458 Å². The molecule has 19 heteroatoms. The summed E-state index contributed by atoms with van der Waals surface area (Å²) in [5, 5.41) is 10.6. The molecule has 17 nitrogen and oxygen atoms in total. The third kappa shape index (κ3) is 74.0. The molecule has 0 radical (unpaired) electrons. The second-order valence-electron chi connectivity index (χ2n) is 30.9. The summed E-state index contributed by atoms with van der Waals surface area (Å²) in [5.41, 5.74) is 0. The molecule has 0 aliphatic carbocycles. The van der Waals surface area contributed by atoms with E-state index in [9.17, 15) is 43.2 Å². The fraction of sp³-hybridized carbons (Fsp3) is 0.952. The van der Waals surface area contributed by atoms with Gasteiger partial charge in [0, 0.05) is 25.7 Å². The van der Waals surface area contributed by atoms with Gasteiger partial charge in [-0.15, -0.1) is 0 Å². The van der Waals surface area contributed by atoms with Gasteiger partial charge in [-0.3, -0.25) is 37.3 Å². The maximum absolute atomic E-state index is 13.1. The van der Waals surface area contributed by atoms with E-state index in [0.717, 1.165) is 114 Å². The van der Waals surface area contributed by atoms with Crippen molar-refractivity contribution in [2.75, 3.05) is 39.6 Å². The summed E-state index contributed by atoms with van der Waals surface area (Å²) in [6.07, 6.45) is 64.2. The van der Waals surface area contributed by atoms with Crippen LogP contribution in [0.25, 0.3) is 0 Å². The third-order valence-corrected chi connectivity index (χ3v) is 22.6. The van der Waals surface area contributed by atoms with Crippen LogP contribution in [0, 0.1) is 17.8 Å². The Hall–Kier alpha value is -1.94. The molecule has 8 atom stereocenters. The number of rotatable bonds is 82. The van der Waals surface area contributed by atoms with Gasteiger partial charge in [-0.05, 0) is 43.4 Å². The molecule has 0 rings (SSSR count). The topological polar surface area (TPSA) is 237 Å². The summed E-state index contributed by atoms with van der Waals surface area (Å²) in [4.78, 5) is 73.0. The number of ether oxygens (including phenoxy) is 4. The van der Waals surface area contributed by atoms with Gasteiger partial charge in [-0.2, -0.15) is 0 Å². The highest BCUT2D eigenvalue weighted by atomic mass is 31.2. The SMILES string of the molecule is CCCCCCCCCCCCCCCCCCCCCCCC(=O)OC[C@H](COP(=O)(O)OC[C@@H](O)COP(=O)(O)OC[C@@H](COC(=O)CCCCCCCCC(C)CC)OC(=O)CCCCCCCCC(C)CC)OC(=O)CCCCCCCCCCCCCCCCCCCCC(C)CC. The van der Waals surface area contributed by atoms with E-state index in [4.69, 9.17) is 37.0 Å². The minimum absolute atomic E-state index is 0.102. The molecule has 0 aromatic rings. The van der Waals surface area contributed by atoms with Crippen LogP contribution in [0.1, 0.15) is 440 Å². The van der Waals surface area contributed by atoms with Gasteiger partial charge in [0.25, 0.3) is 0 Å². The number of carbonyl (C=O) groups excluding carboxylic acids is 4. The number of esters is 4. The van der Waals surface area contributed by atoms with Crippen LogP contribution in [0.5, 0.6) is 0 Å². The summed E-state index contributed by atoms with van der Waals surface area (Å²) in [6.45, 7) is 11.9. The molecule has 0 spiro atoms. The standard InChI is InChI=1S/C84H164O17P2/c1-8-12-13-14-15-16-17-18-19-20-21-22-23-27-30-33-36-39-42-51-58-65-81(86)94-71-79(100-83(88)67-60-53-43-40-37-34-31-28-25-24-26-29-32-35-38-41-48-55-62-75(5)9-2)73-98-102(90,91)96-69-78(85)70-97-103(92,93)99-74-80(101-84(89)68-61-54-47-45-50-57-64-77(7)11-4)72-95-82(87)66-59-52-46-44-49-56-63-76(6)10-3/h75-80,85H,8-74H2,1-7H3,(H,90,91)(H,92,93)/t75?,76?,77?,78-,79-,80-/m1/s1. The number of aliphatic hydroxyl groups excluding tert-OH is 1. The average molecular weight is 1510 g/mol. The van der Waals surface area contributed by atoms with Crippen LogP contribution in [-0.2, 0) is 65.4 Å². The lowest BCUT2D eigenvalue weighted by Crippen LogP contribution is -2.30. The van der Waals surface area contributed by atoms with Gasteiger partial charge in [-0.1, -0.05) is 389 Å². The van der Waals surface area contributed by atoms with Crippen LogP contribution >= 0.6 is 15.6 Å². The Morgan fingerprint density at radius 2 is 0.466 bits per heavy atom. The second kappa shape index (κ2) is 74.2. The van der Waals surface area contributed by atoms with E-state index in [-0.39, 0.29) is 25.7 Å². The summed E-state index contributed by atoms with van der Waals surface area (Å²) in [5.74, 6) is 0.207. The van der Waals surface area contributed by atoms with E-state index in [1.54, 1.807) is 0 Å². The first-order chi connectivity index (χ1) is 49.8. The van der Waals surface area contributed by atoms with Crippen LogP contribution in [-0.4, -0.2) is 96.7 Å². The number of unbranched alkanes of at least 4 members (excludes halogenated alkanes) is 47. The van der Waals surface area contributed by atoms with Crippen LogP contribution < -0.4 is 0 Å². The predicted molar refractivity (Wildman–Crippen MR) is 423 cm³/mol. The molecule has 0 amide bonds. The number of phosphoric acid groups is 2. The minimum Gasteiger partial charge on any atom is -0.462 e. The zero-order valence-corrected chi connectivity index (χ0v) is 69.6. The van der Waals surface area contributed by atoms with Crippen molar-refractivity contribution >= 4 is 39.5 Å². The fourth-order valence-electron chi connectivity index (χ4n) is 12.9. The summed E-state index contributed by atoms with van der Waals surface area (Å²) >= 11 is 0. The van der Waals surface area contributed by atoms with Crippen molar-refractivity contribution in [3.63, 3.8) is 0 Å². The van der Waals surface area contributed by atoms with Gasteiger partial charge >= 0.3 is 39.5 Å². The Morgan fingerprint density at radius 1 is 0.272 bits per heavy atom. The van der Waals surface area contributed by atoms with Crippen LogP contribution in [0.3, 0.4) is 0 Å². The summed E-state index contributed by atoms with van der Waals surface area (Å²) < 4.78 is 68.7. The molecule has 0 fully saturated rings. The summed E-state index contributed by atoms with van der Waals surface area (Å²) in [6, 6.07) is 0. The molecule has 0 saturated heterocycles. The minimum atomic E-state index is -4.96. The van der Waals surface area contributed by atoms with E-state index in [1.807, 2.05) is 0 Å². The zero-order chi connectivity index (χ0) is 75.8. The molecule has 0 heterocycles. The van der Waals surface area contributed by atoms with Gasteiger partial charge in [0.1, 0.15) is 19.3 Å². The van der Waals surface area contributed by atoms with E-state index in [2.05, 4.69) is 48.5 Å². The highest BCUT2D eigenvalue weighted by molar-refractivity contribution is 7.47. The van der Waals surface area contributed by atoms with E-state index < -0.39 is 97.5 Å². The summed E-state index contributed by atoms with van der Waals surface area (Å²) in [7, 11) is -9.92. The van der Waals surface area contributed by atoms with E-state index in [1.165, 1.54) is 244 Å². The Morgan fingerprint density at radius 3 is 0.689 bits per heavy atom. The molecule has 0 aromatic carbocycles. The molecule has 5 unspecified atom stereocenters. The molecular weight excluding hydrogens is 1340 g/mol. The van der Waals surface area contributed by atoms with Crippen molar-refractivity contribution < 1.29 is 80.2 Å². The lowest BCUT2D eigenvalue weighted by molar-refractivity contribution is -0.161. The first kappa shape index (κ1) is 101. The zero-order valence-electron chi connectivity index (χ0n) is 67.8. The number of hydrogen-bond acceptors (Lipinski definition) is 15. The van der Waals surface area contributed by atoms with Gasteiger partial charge in [0.2, 0.25) is 0 Å². The maximum atomic E-state index is 13.1. The van der Waals surface area contributed by atoms with Gasteiger partial charge in [0.05, 0.1) is 26.4 Å². The first-order valence-corrected chi connectivity index (χ1v) is 46.5. The number of hydrogen-bond donors (Lipinski definition) is 3. The molecule has 103 heavy (non-hydrogen) atoms. The van der Waals surface area contributed by atoms with Crippen molar-refractivity contribution in [3.05, 3.63) is 0 Å². The molecule has 612 valence electrons. The lowest BCUT2D eigenvalue weighted by Gasteiger charge is -2.21. The Balaban J connectivity index is 5.18. The number of phosphoric ester groups is 2. The van der Waals surface area contributed by atoms with Crippen molar-refractivity contribution in [2.24, 2.45) is 17.8 Å². The largest absolute Gasteiger partial charge is 0.472 e. The predicted octanol–water partition coefficient (Wildman–Crippen LogP) is 25.3. The monoisotopic (exact) mass is 1510 g/mol. The molecule has 0 bridgehead atoms. The Kier molecular flexibility index (Phi) is 72.8. The fourth-order valence-corrected chi connectivity index (χ4v) is 14.5. The average Bonchev–Trinajstić information content (AvgIpc) is 0.912. The van der Waals surface area contributed by atoms with Gasteiger partial charge in [-0.25, -0.2) is 9.13 Å². The number of aliphatic hydroxyl groups is 1. The van der Waals surface area contributed by atoms with Crippen molar-refractivity contribution in [1.29, 1.82) is 0 Å². The smallest absolute Gasteiger partial charge is 0.462 e. The number of carbonyl (C=O) groups is 4. The van der Waals surface area contributed by atoms with Crippen LogP contribution in [0.15, 0.2) is 0 Å². The molecule has 0 aliphatic heterocycles. The third-order valence-electron chi connectivity index (χ3n) is 20.7. The Bertz CT molecular complexity index is 2000. The molecular formula is C84H164O17P2. The Labute approximate surface area is 632 Å². The van der Waals surface area contributed by atoms with Gasteiger partial charge in [0.15, 0.2) is 12.2 Å². The second-order valence-corrected chi connectivity index (χ2v) is 33.9. The van der Waals surface area contributed by atoms with Crippen LogP contribution in [0.4, 0.5) is 0 Å². The van der Waals surface area contributed by atoms with Crippen LogP contribution in [0.2, 0.25) is 0 Å². The lowest BCUT2D eigenvalue weighted by atomic mass is 9.99. The quantitative estimate of drug-likeness (QED) is 0.0222. The van der Waals surface area contributed by atoms with E-state index >= 15 is 0 Å². The van der Waals surface area contributed by atoms with Crippen molar-refractivity contribution in [1.82, 2.24) is 0 Å². The van der Waals surface area contributed by atoms with Gasteiger partial charge < -0.3 is 33.8 Å². The maximum Gasteiger partial charge on any atom is 0.472 e. The molecule has 0 saturated carbocycles. The van der Waals surface area contributed by atoms with Crippen molar-refractivity contribution in [3.8, 4) is 0 Å². The molecule has 3 N–H and O–H groups in total. The highest BCUT2D eigenvalue weighted by Crippen LogP contribution is 2.45.